The SMILES string of the molecule is CCC(C)NC(=O)c1cc2ccccc2c(-c2ccccc2)n1. The maximum absolute atomic E-state index is 12.5. The molecule has 0 radical (unpaired) electrons. The van der Waals surface area contributed by atoms with Crippen molar-refractivity contribution in [2.45, 2.75) is 26.3 Å². The molecule has 3 nitrogen and oxygen atoms in total. The molecule has 116 valence electrons. The number of rotatable bonds is 4. The van der Waals surface area contributed by atoms with Gasteiger partial charge in [-0.1, -0.05) is 61.5 Å². The maximum Gasteiger partial charge on any atom is 0.270 e. The lowest BCUT2D eigenvalue weighted by Crippen LogP contribution is -2.32. The van der Waals surface area contributed by atoms with Crippen LogP contribution in [0.2, 0.25) is 0 Å². The number of hydrogen-bond acceptors (Lipinski definition) is 2. The summed E-state index contributed by atoms with van der Waals surface area (Å²) < 4.78 is 0. The molecule has 1 aromatic heterocycles. The minimum atomic E-state index is -0.123. The fourth-order valence-electron chi connectivity index (χ4n) is 2.53. The van der Waals surface area contributed by atoms with E-state index in [1.54, 1.807) is 0 Å². The van der Waals surface area contributed by atoms with Crippen LogP contribution in [0.4, 0.5) is 0 Å². The van der Waals surface area contributed by atoms with Gasteiger partial charge in [0.1, 0.15) is 5.69 Å². The Kier molecular flexibility index (Phi) is 4.38. The Morgan fingerprint density at radius 1 is 1.09 bits per heavy atom. The van der Waals surface area contributed by atoms with Crippen LogP contribution in [0.1, 0.15) is 30.8 Å². The lowest BCUT2D eigenvalue weighted by molar-refractivity contribution is 0.0934. The summed E-state index contributed by atoms with van der Waals surface area (Å²) in [5.74, 6) is -0.123. The zero-order valence-electron chi connectivity index (χ0n) is 13.4. The van der Waals surface area contributed by atoms with Crippen LogP contribution in [0, 0.1) is 0 Å². The van der Waals surface area contributed by atoms with E-state index in [4.69, 9.17) is 0 Å². The number of benzene rings is 2. The minimum Gasteiger partial charge on any atom is -0.348 e. The van der Waals surface area contributed by atoms with Crippen molar-refractivity contribution >= 4 is 16.7 Å². The van der Waals surface area contributed by atoms with Crippen molar-refractivity contribution in [1.29, 1.82) is 0 Å². The molecule has 0 fully saturated rings. The van der Waals surface area contributed by atoms with Gasteiger partial charge in [-0.25, -0.2) is 4.98 Å². The maximum atomic E-state index is 12.5. The van der Waals surface area contributed by atoms with Crippen molar-refractivity contribution in [1.82, 2.24) is 10.3 Å². The van der Waals surface area contributed by atoms with Crippen molar-refractivity contribution in [3.8, 4) is 11.3 Å². The summed E-state index contributed by atoms with van der Waals surface area (Å²) in [5.41, 5.74) is 2.32. The number of nitrogens with zero attached hydrogens (tertiary/aromatic N) is 1. The van der Waals surface area contributed by atoms with Gasteiger partial charge in [-0.3, -0.25) is 4.79 Å². The number of carbonyl (C=O) groups excluding carboxylic acids is 1. The van der Waals surface area contributed by atoms with Crippen LogP contribution in [0.5, 0.6) is 0 Å². The average Bonchev–Trinajstić information content (AvgIpc) is 2.61. The first-order valence-corrected chi connectivity index (χ1v) is 7.95. The first kappa shape index (κ1) is 15.2. The molecule has 1 unspecified atom stereocenters. The van der Waals surface area contributed by atoms with E-state index in [0.29, 0.717) is 5.69 Å². The molecular formula is C20H20N2O. The zero-order valence-corrected chi connectivity index (χ0v) is 13.4. The molecule has 23 heavy (non-hydrogen) atoms. The van der Waals surface area contributed by atoms with Crippen LogP contribution in [0.25, 0.3) is 22.0 Å². The van der Waals surface area contributed by atoms with Gasteiger partial charge in [-0.15, -0.1) is 0 Å². The molecule has 0 saturated carbocycles. The second-order valence-corrected chi connectivity index (χ2v) is 5.73. The highest BCUT2D eigenvalue weighted by Gasteiger charge is 2.14. The standard InChI is InChI=1S/C20H20N2O/c1-3-14(2)21-20(23)18-13-16-11-7-8-12-17(16)19(22-18)15-9-5-4-6-10-15/h4-14H,3H2,1-2H3,(H,21,23). The third-order valence-corrected chi connectivity index (χ3v) is 4.01. The van der Waals surface area contributed by atoms with E-state index < -0.39 is 0 Å². The summed E-state index contributed by atoms with van der Waals surface area (Å²) in [6.45, 7) is 4.05. The molecule has 0 spiro atoms. The number of carbonyl (C=O) groups is 1. The number of aromatic nitrogens is 1. The summed E-state index contributed by atoms with van der Waals surface area (Å²) in [7, 11) is 0. The van der Waals surface area contributed by atoms with E-state index in [0.717, 1.165) is 28.5 Å². The van der Waals surface area contributed by atoms with Crippen LogP contribution in [-0.2, 0) is 0 Å². The summed E-state index contributed by atoms with van der Waals surface area (Å²) in [6, 6.07) is 20.0. The second-order valence-electron chi connectivity index (χ2n) is 5.73. The Morgan fingerprint density at radius 2 is 1.78 bits per heavy atom. The van der Waals surface area contributed by atoms with Crippen LogP contribution in [-0.4, -0.2) is 16.9 Å². The summed E-state index contributed by atoms with van der Waals surface area (Å²) in [6.07, 6.45) is 0.894. The van der Waals surface area contributed by atoms with Gasteiger partial charge in [-0.2, -0.15) is 0 Å². The van der Waals surface area contributed by atoms with Gasteiger partial charge in [0.05, 0.1) is 5.69 Å². The summed E-state index contributed by atoms with van der Waals surface area (Å²) in [4.78, 5) is 17.1. The normalized spacial score (nSPS) is 12.1. The molecule has 3 aromatic rings. The molecule has 3 rings (SSSR count). The second kappa shape index (κ2) is 6.61. The lowest BCUT2D eigenvalue weighted by Gasteiger charge is -2.13. The number of nitrogens with one attached hydrogen (secondary N) is 1. The van der Waals surface area contributed by atoms with Gasteiger partial charge in [0.2, 0.25) is 0 Å². The molecule has 0 saturated heterocycles. The number of hydrogen-bond donors (Lipinski definition) is 1. The lowest BCUT2D eigenvalue weighted by atomic mass is 10.0. The number of amides is 1. The van der Waals surface area contributed by atoms with E-state index in [-0.39, 0.29) is 11.9 Å². The quantitative estimate of drug-likeness (QED) is 0.774. The van der Waals surface area contributed by atoms with Crippen LogP contribution in [0.15, 0.2) is 60.7 Å². The predicted octanol–water partition coefficient (Wildman–Crippen LogP) is 4.43. The molecule has 1 atom stereocenters. The smallest absolute Gasteiger partial charge is 0.270 e. The van der Waals surface area contributed by atoms with Crippen molar-refractivity contribution in [3.63, 3.8) is 0 Å². The van der Waals surface area contributed by atoms with Crippen LogP contribution >= 0.6 is 0 Å². The van der Waals surface area contributed by atoms with Gasteiger partial charge in [0.25, 0.3) is 5.91 Å². The van der Waals surface area contributed by atoms with Gasteiger partial charge in [0, 0.05) is 17.0 Å². The fourth-order valence-corrected chi connectivity index (χ4v) is 2.53. The molecule has 3 heteroatoms. The fraction of sp³-hybridized carbons (Fsp3) is 0.200. The van der Waals surface area contributed by atoms with Crippen LogP contribution < -0.4 is 5.32 Å². The molecule has 0 aliphatic carbocycles. The Hall–Kier alpha value is -2.68. The molecule has 0 aliphatic rings. The van der Waals surface area contributed by atoms with Gasteiger partial charge in [-0.05, 0) is 24.8 Å². The van der Waals surface area contributed by atoms with E-state index in [9.17, 15) is 4.79 Å². The Bertz CT molecular complexity index is 827. The molecule has 1 N–H and O–H groups in total. The molecule has 2 aromatic carbocycles. The summed E-state index contributed by atoms with van der Waals surface area (Å²) >= 11 is 0. The highest BCUT2D eigenvalue weighted by molar-refractivity contribution is 6.01. The van der Waals surface area contributed by atoms with E-state index in [2.05, 4.69) is 10.3 Å². The van der Waals surface area contributed by atoms with Gasteiger partial charge >= 0.3 is 0 Å². The first-order valence-electron chi connectivity index (χ1n) is 7.95. The third kappa shape index (κ3) is 3.24. The monoisotopic (exact) mass is 304 g/mol. The molecule has 0 aliphatic heterocycles. The van der Waals surface area contributed by atoms with E-state index >= 15 is 0 Å². The predicted molar refractivity (Wildman–Crippen MR) is 94.4 cm³/mol. The van der Waals surface area contributed by atoms with Crippen molar-refractivity contribution < 1.29 is 4.79 Å². The molecule has 1 amide bonds. The molecular weight excluding hydrogens is 284 g/mol. The Morgan fingerprint density at radius 3 is 2.52 bits per heavy atom. The van der Waals surface area contributed by atoms with E-state index in [1.165, 1.54) is 0 Å². The van der Waals surface area contributed by atoms with Crippen LogP contribution in [0.3, 0.4) is 0 Å². The Labute approximate surface area is 136 Å². The zero-order chi connectivity index (χ0) is 16.2. The average molecular weight is 304 g/mol. The summed E-state index contributed by atoms with van der Waals surface area (Å²) in [5, 5.41) is 5.07. The molecule has 1 heterocycles. The van der Waals surface area contributed by atoms with E-state index in [1.807, 2.05) is 74.5 Å². The highest BCUT2D eigenvalue weighted by atomic mass is 16.1. The topological polar surface area (TPSA) is 42.0 Å². The van der Waals surface area contributed by atoms with Gasteiger partial charge in [0.15, 0.2) is 0 Å². The van der Waals surface area contributed by atoms with Crippen molar-refractivity contribution in [3.05, 3.63) is 66.4 Å². The molecule has 0 bridgehead atoms. The minimum absolute atomic E-state index is 0.123. The van der Waals surface area contributed by atoms with Crippen molar-refractivity contribution in [2.75, 3.05) is 0 Å². The van der Waals surface area contributed by atoms with Crippen molar-refractivity contribution in [2.24, 2.45) is 0 Å². The Balaban J connectivity index is 2.13. The van der Waals surface area contributed by atoms with Gasteiger partial charge < -0.3 is 5.32 Å². The first-order chi connectivity index (χ1) is 11.2. The highest BCUT2D eigenvalue weighted by Crippen LogP contribution is 2.27. The third-order valence-electron chi connectivity index (χ3n) is 4.01. The number of pyridine rings is 1. The number of fused-ring (bicyclic) bond motifs is 1. The largest absolute Gasteiger partial charge is 0.348 e.